The molecule has 0 saturated carbocycles. The number of hydrogen-bond donors (Lipinski definition) is 2. The van der Waals surface area contributed by atoms with Crippen molar-refractivity contribution in [3.05, 3.63) is 52.6 Å². The van der Waals surface area contributed by atoms with Crippen LogP contribution in [0.5, 0.6) is 0 Å². The number of carbonyl (C=O) groups is 1. The molecule has 2 rings (SSSR count). The normalized spacial score (nSPS) is 10.3. The first-order chi connectivity index (χ1) is 11.2. The van der Waals surface area contributed by atoms with E-state index in [2.05, 4.69) is 31.5 Å². The molecule has 1 heterocycles. The molecule has 0 spiro atoms. The van der Waals surface area contributed by atoms with Crippen LogP contribution >= 0.6 is 15.9 Å². The van der Waals surface area contributed by atoms with Crippen molar-refractivity contribution < 1.29 is 9.53 Å². The minimum absolute atomic E-state index is 0.0924. The Kier molecular flexibility index (Phi) is 7.03. The van der Waals surface area contributed by atoms with E-state index in [-0.39, 0.29) is 5.91 Å². The van der Waals surface area contributed by atoms with Gasteiger partial charge in [0.25, 0.3) is 0 Å². The minimum Gasteiger partial charge on any atom is -0.385 e. The van der Waals surface area contributed by atoms with E-state index in [1.54, 1.807) is 19.4 Å². The standard InChI is InChI=1S/C17H20BrN3O2/c1-23-10-4-9-19-14-7-8-16(20-12-14)21-17(22)11-13-5-2-3-6-15(13)18/h2-3,5-8,12,19H,4,9-11H2,1H3,(H,20,21,22). The van der Waals surface area contributed by atoms with Gasteiger partial charge < -0.3 is 15.4 Å². The van der Waals surface area contributed by atoms with Crippen LogP contribution in [0, 0.1) is 0 Å². The van der Waals surface area contributed by atoms with Crippen LogP contribution < -0.4 is 10.6 Å². The van der Waals surface area contributed by atoms with E-state index in [1.165, 1.54) is 0 Å². The van der Waals surface area contributed by atoms with Crippen LogP contribution in [-0.4, -0.2) is 31.2 Å². The average Bonchev–Trinajstić information content (AvgIpc) is 2.55. The summed E-state index contributed by atoms with van der Waals surface area (Å²) in [5.41, 5.74) is 1.87. The Balaban J connectivity index is 1.83. The third-order valence-corrected chi connectivity index (χ3v) is 3.97. The van der Waals surface area contributed by atoms with E-state index in [1.807, 2.05) is 30.3 Å². The number of ether oxygens (including phenoxy) is 1. The Morgan fingerprint density at radius 3 is 2.78 bits per heavy atom. The van der Waals surface area contributed by atoms with E-state index >= 15 is 0 Å². The molecule has 5 nitrogen and oxygen atoms in total. The van der Waals surface area contributed by atoms with Crippen LogP contribution in [0.25, 0.3) is 0 Å². The topological polar surface area (TPSA) is 63.2 Å². The van der Waals surface area contributed by atoms with E-state index < -0.39 is 0 Å². The van der Waals surface area contributed by atoms with Crippen molar-refractivity contribution in [1.29, 1.82) is 0 Å². The van der Waals surface area contributed by atoms with Crippen LogP contribution in [0.1, 0.15) is 12.0 Å². The van der Waals surface area contributed by atoms with Crippen LogP contribution in [0.15, 0.2) is 47.1 Å². The van der Waals surface area contributed by atoms with E-state index in [9.17, 15) is 4.79 Å². The molecule has 2 N–H and O–H groups in total. The molecular formula is C17H20BrN3O2. The second-order valence-electron chi connectivity index (χ2n) is 5.02. The van der Waals surface area contributed by atoms with E-state index in [0.29, 0.717) is 12.2 Å². The molecule has 1 aromatic carbocycles. The molecule has 0 aliphatic rings. The SMILES string of the molecule is COCCCNc1ccc(NC(=O)Cc2ccccc2Br)nc1. The molecule has 6 heteroatoms. The molecule has 1 amide bonds. The zero-order valence-corrected chi connectivity index (χ0v) is 14.6. The zero-order chi connectivity index (χ0) is 16.5. The number of pyridine rings is 1. The first-order valence-corrected chi connectivity index (χ1v) is 8.20. The molecule has 23 heavy (non-hydrogen) atoms. The molecule has 0 radical (unpaired) electrons. The highest BCUT2D eigenvalue weighted by molar-refractivity contribution is 9.10. The summed E-state index contributed by atoms with van der Waals surface area (Å²) in [5.74, 6) is 0.453. The second-order valence-corrected chi connectivity index (χ2v) is 5.88. The van der Waals surface area contributed by atoms with Gasteiger partial charge in [-0.25, -0.2) is 4.98 Å². The molecule has 1 aromatic heterocycles. The van der Waals surface area contributed by atoms with Crippen LogP contribution in [0.4, 0.5) is 11.5 Å². The number of anilines is 2. The molecule has 0 fully saturated rings. The summed E-state index contributed by atoms with van der Waals surface area (Å²) in [6, 6.07) is 11.4. The van der Waals surface area contributed by atoms with Crippen molar-refractivity contribution in [2.45, 2.75) is 12.8 Å². The van der Waals surface area contributed by atoms with Gasteiger partial charge in [0.05, 0.1) is 18.3 Å². The quantitative estimate of drug-likeness (QED) is 0.691. The number of methoxy groups -OCH3 is 1. The van der Waals surface area contributed by atoms with Gasteiger partial charge in [-0.15, -0.1) is 0 Å². The highest BCUT2D eigenvalue weighted by atomic mass is 79.9. The summed E-state index contributed by atoms with van der Waals surface area (Å²) in [4.78, 5) is 16.3. The lowest BCUT2D eigenvalue weighted by Crippen LogP contribution is -2.15. The van der Waals surface area contributed by atoms with Crippen molar-refractivity contribution in [2.24, 2.45) is 0 Å². The Bertz CT molecular complexity index is 632. The maximum absolute atomic E-state index is 12.1. The number of nitrogens with zero attached hydrogens (tertiary/aromatic N) is 1. The van der Waals surface area contributed by atoms with Crippen LogP contribution in [-0.2, 0) is 16.0 Å². The summed E-state index contributed by atoms with van der Waals surface area (Å²) >= 11 is 3.44. The number of nitrogens with one attached hydrogen (secondary N) is 2. The Labute approximate surface area is 144 Å². The number of aromatic nitrogens is 1. The summed E-state index contributed by atoms with van der Waals surface area (Å²) in [6.45, 7) is 1.55. The fraction of sp³-hybridized carbons (Fsp3) is 0.294. The van der Waals surface area contributed by atoms with Gasteiger partial charge >= 0.3 is 0 Å². The Morgan fingerprint density at radius 2 is 2.09 bits per heavy atom. The van der Waals surface area contributed by atoms with Crippen molar-refractivity contribution in [2.75, 3.05) is 30.9 Å². The molecule has 0 saturated heterocycles. The van der Waals surface area contributed by atoms with Gasteiger partial charge in [-0.1, -0.05) is 34.1 Å². The summed E-state index contributed by atoms with van der Waals surface area (Å²) in [6.07, 6.45) is 2.95. The molecule has 122 valence electrons. The number of halogens is 1. The third-order valence-electron chi connectivity index (χ3n) is 3.19. The summed E-state index contributed by atoms with van der Waals surface area (Å²) in [5, 5.41) is 6.05. The first-order valence-electron chi connectivity index (χ1n) is 7.41. The average molecular weight is 378 g/mol. The maximum Gasteiger partial charge on any atom is 0.229 e. The second kappa shape index (κ2) is 9.27. The Morgan fingerprint density at radius 1 is 1.26 bits per heavy atom. The molecule has 0 bridgehead atoms. The molecule has 0 unspecified atom stereocenters. The zero-order valence-electron chi connectivity index (χ0n) is 13.0. The highest BCUT2D eigenvalue weighted by Crippen LogP contribution is 2.17. The fourth-order valence-corrected chi connectivity index (χ4v) is 2.45. The smallest absolute Gasteiger partial charge is 0.229 e. The molecular weight excluding hydrogens is 358 g/mol. The lowest BCUT2D eigenvalue weighted by Gasteiger charge is -2.08. The number of benzene rings is 1. The fourth-order valence-electron chi connectivity index (χ4n) is 2.02. The van der Waals surface area contributed by atoms with Crippen molar-refractivity contribution in [3.8, 4) is 0 Å². The number of amides is 1. The summed E-state index contributed by atoms with van der Waals surface area (Å²) < 4.78 is 5.92. The summed E-state index contributed by atoms with van der Waals surface area (Å²) in [7, 11) is 1.69. The lowest BCUT2D eigenvalue weighted by molar-refractivity contribution is -0.115. The van der Waals surface area contributed by atoms with Crippen LogP contribution in [0.2, 0.25) is 0 Å². The predicted octanol–water partition coefficient (Wildman–Crippen LogP) is 3.47. The molecule has 0 atom stereocenters. The highest BCUT2D eigenvalue weighted by Gasteiger charge is 2.07. The van der Waals surface area contributed by atoms with Gasteiger partial charge in [0.15, 0.2) is 0 Å². The molecule has 2 aromatic rings. The van der Waals surface area contributed by atoms with Crippen molar-refractivity contribution >= 4 is 33.3 Å². The van der Waals surface area contributed by atoms with E-state index in [4.69, 9.17) is 4.74 Å². The van der Waals surface area contributed by atoms with Gasteiger partial charge in [0.1, 0.15) is 5.82 Å². The van der Waals surface area contributed by atoms with Gasteiger partial charge in [-0.2, -0.15) is 0 Å². The van der Waals surface area contributed by atoms with Gasteiger partial charge in [-0.3, -0.25) is 4.79 Å². The first kappa shape index (κ1) is 17.4. The largest absolute Gasteiger partial charge is 0.385 e. The van der Waals surface area contributed by atoms with Gasteiger partial charge in [0.2, 0.25) is 5.91 Å². The molecule has 0 aliphatic heterocycles. The maximum atomic E-state index is 12.1. The van der Waals surface area contributed by atoms with E-state index in [0.717, 1.165) is 35.3 Å². The minimum atomic E-state index is -0.0924. The van der Waals surface area contributed by atoms with Gasteiger partial charge in [0, 0.05) is 24.7 Å². The number of carbonyl (C=O) groups excluding carboxylic acids is 1. The lowest BCUT2D eigenvalue weighted by atomic mass is 10.1. The predicted molar refractivity (Wildman–Crippen MR) is 95.7 cm³/mol. The monoisotopic (exact) mass is 377 g/mol. The van der Waals surface area contributed by atoms with Crippen LogP contribution in [0.3, 0.4) is 0 Å². The Hall–Kier alpha value is -1.92. The number of rotatable bonds is 8. The van der Waals surface area contributed by atoms with Crippen molar-refractivity contribution in [3.63, 3.8) is 0 Å². The molecule has 0 aliphatic carbocycles. The number of hydrogen-bond acceptors (Lipinski definition) is 4. The van der Waals surface area contributed by atoms with Gasteiger partial charge in [-0.05, 0) is 30.2 Å². The third kappa shape index (κ3) is 6.00. The van der Waals surface area contributed by atoms with Crippen molar-refractivity contribution in [1.82, 2.24) is 4.98 Å².